The fourth-order valence-electron chi connectivity index (χ4n) is 16.9. The third-order valence-electron chi connectivity index (χ3n) is 22.5. The molecular formula is C110H74ArS6. The minimum Gasteiger partial charge on any atom is -0.134 e. The smallest absolute Gasteiger partial charge is 0.0542 e. The predicted octanol–water partition coefficient (Wildman–Crippen LogP) is 36.2. The molecule has 6 heterocycles. The van der Waals surface area contributed by atoms with Gasteiger partial charge in [0.15, 0.2) is 0 Å². The Hall–Kier alpha value is -11.2. The van der Waals surface area contributed by atoms with Gasteiger partial charge in [-0.05, 0) is 286 Å². The fourth-order valence-corrected chi connectivity index (χ4v) is 25.0. The second-order valence-electron chi connectivity index (χ2n) is 29.5. The number of fused-ring (bicyclic) bond motifs is 28. The van der Waals surface area contributed by atoms with E-state index in [4.69, 9.17) is 0 Å². The molecule has 0 saturated carbocycles. The Morgan fingerprint density at radius 3 is 0.470 bits per heavy atom. The zero-order valence-corrected chi connectivity index (χ0v) is 70.2. The molecule has 0 aliphatic carbocycles. The maximum absolute atomic E-state index is 2.40. The standard InChI is InChI=1S/C30H16S2.C22H12S2.C22H14.C18H12.C14H8S2.2C2H6.Ar/c1-3-7-19-11-23-15-27-25(13-21(23)9-17(19)5-1)29-30(31-27)26-14-22-10-18-6-2-4-8-20(18)12-24(22)16-28(26)32-29;1-3-7-15-11-19-17(9-13(15)5-1)21-22(23-19)18-10-14-6-2-4-8-16(14)12-20(18)24-21;1-2-6-16-10-20-14-22-12-18-8-4-3-7-17(18)11-21(22)13-19(20)9-15(16)5-1;1-2-6-14-10-18-12-16-8-4-3-7-15(16)11-17(18)9-13(14)5-1;1-3-7-11-9(5-1)13-14(15-11)10-6-2-4-8-12(10)16-13;2*1-2;/h1-16H;1-12H;1-14H;1-12H;1-8H;2*1-2H3;. The summed E-state index contributed by atoms with van der Waals surface area (Å²) >= 11 is 11.6. The molecule has 0 spiro atoms. The van der Waals surface area contributed by atoms with Crippen LogP contribution in [0.5, 0.6) is 0 Å². The van der Waals surface area contributed by atoms with Gasteiger partial charge in [0, 0.05) is 98.3 Å². The fraction of sp³-hybridized carbons (Fsp3) is 0.0364. The molecule has 0 N–H and O–H groups in total. The topological polar surface area (TPSA) is 0 Å². The molecule has 0 unspecified atom stereocenters. The summed E-state index contributed by atoms with van der Waals surface area (Å²) in [6.45, 7) is 8.00. The molecule has 0 aliphatic rings. The Morgan fingerprint density at radius 1 is 0.120 bits per heavy atom. The first-order chi connectivity index (χ1) is 57.4. The molecule has 0 aliphatic heterocycles. The van der Waals surface area contributed by atoms with Crippen LogP contribution in [0.4, 0.5) is 0 Å². The summed E-state index contributed by atoms with van der Waals surface area (Å²) in [5, 5.41) is 42.5. The number of rotatable bonds is 0. The van der Waals surface area contributed by atoms with Gasteiger partial charge in [0.25, 0.3) is 0 Å². The van der Waals surface area contributed by atoms with Crippen LogP contribution < -0.4 is 0 Å². The van der Waals surface area contributed by atoms with Crippen molar-refractivity contribution in [3.63, 3.8) is 0 Å². The van der Waals surface area contributed by atoms with Crippen molar-refractivity contribution in [2.45, 2.75) is 27.7 Å². The second kappa shape index (κ2) is 31.7. The van der Waals surface area contributed by atoms with Crippen LogP contribution >= 0.6 is 68.0 Å². The molecule has 0 saturated heterocycles. The van der Waals surface area contributed by atoms with Gasteiger partial charge < -0.3 is 0 Å². The average Bonchev–Trinajstić information content (AvgIpc) is 1.60. The van der Waals surface area contributed by atoms with E-state index in [0.29, 0.717) is 0 Å². The number of hydrogen-bond donors (Lipinski definition) is 0. The molecule has 117 heavy (non-hydrogen) atoms. The van der Waals surface area contributed by atoms with Crippen LogP contribution in [0.2, 0.25) is 0 Å². The van der Waals surface area contributed by atoms with Gasteiger partial charge >= 0.3 is 0 Å². The van der Waals surface area contributed by atoms with E-state index in [-0.39, 0.29) is 37.7 Å². The molecule has 0 nitrogen and oxygen atoms in total. The normalized spacial score (nSPS) is 11.5. The van der Waals surface area contributed by atoms with Crippen molar-refractivity contribution in [1.29, 1.82) is 0 Å². The van der Waals surface area contributed by atoms with Crippen LogP contribution in [0.15, 0.2) is 376 Å². The van der Waals surface area contributed by atoms with Gasteiger partial charge in [0.1, 0.15) is 0 Å². The number of benzene rings is 21. The van der Waals surface area contributed by atoms with E-state index in [0.717, 1.165) is 0 Å². The van der Waals surface area contributed by atoms with Gasteiger partial charge in [0.05, 0.1) is 28.2 Å². The van der Waals surface area contributed by atoms with Crippen molar-refractivity contribution in [3.05, 3.63) is 376 Å². The minimum absolute atomic E-state index is 0. The number of thiophene rings is 6. The van der Waals surface area contributed by atoms with Crippen molar-refractivity contribution in [3.8, 4) is 0 Å². The van der Waals surface area contributed by atoms with E-state index in [1.54, 1.807) is 0 Å². The Balaban J connectivity index is 0.0000000947. The van der Waals surface area contributed by atoms with E-state index in [9.17, 15) is 0 Å². The monoisotopic (exact) mass is 1630 g/mol. The summed E-state index contributed by atoms with van der Waals surface area (Å²) < 4.78 is 17.0. The first-order valence-electron chi connectivity index (χ1n) is 39.9. The average molecular weight is 1630 g/mol. The zero-order chi connectivity index (χ0) is 77.5. The van der Waals surface area contributed by atoms with E-state index < -0.39 is 0 Å². The molecule has 6 aromatic heterocycles. The third kappa shape index (κ3) is 13.8. The summed E-state index contributed by atoms with van der Waals surface area (Å²) in [7, 11) is 0. The van der Waals surface area contributed by atoms with Gasteiger partial charge in [-0.15, -0.1) is 68.0 Å². The van der Waals surface area contributed by atoms with Crippen LogP contribution in [0, 0.1) is 37.7 Å². The maximum Gasteiger partial charge on any atom is 0.0542 e. The molecule has 0 radical (unpaired) electrons. The Kier molecular flexibility index (Phi) is 20.2. The summed E-state index contributed by atoms with van der Waals surface area (Å²) in [4.78, 5) is 0. The summed E-state index contributed by atoms with van der Waals surface area (Å²) in [5.74, 6) is 0. The molecule has 27 aromatic rings. The Labute approximate surface area is 730 Å². The molecule has 0 bridgehead atoms. The van der Waals surface area contributed by atoms with Crippen LogP contribution in [0.3, 0.4) is 0 Å². The molecular weight excluding hydrogens is 1550 g/mol. The van der Waals surface area contributed by atoms with Gasteiger partial charge in [-0.1, -0.05) is 258 Å². The zero-order valence-electron chi connectivity index (χ0n) is 64.6. The van der Waals surface area contributed by atoms with Crippen molar-refractivity contribution in [2.24, 2.45) is 0 Å². The molecule has 558 valence electrons. The SMILES string of the molecule is CC.CC.[Ar].c1ccc2c(c1)sc1c3ccccc3sc21.c1ccc2cc3c(cc2c1)sc1c2cc4ccccc4cc2sc31.c1ccc2cc3cc4c(cc3cc2c1)sc1c2cc3cc5ccccc5cc3cc2sc41.c1ccc2cc3cc4cc5ccccc5cc4cc3cc2c1.c1ccc2cc3cc4ccccc4cc3cc2c1. The first-order valence-corrected chi connectivity index (χ1v) is 44.8. The van der Waals surface area contributed by atoms with Crippen molar-refractivity contribution < 1.29 is 37.7 Å². The van der Waals surface area contributed by atoms with Crippen LogP contribution in [-0.4, -0.2) is 0 Å². The molecule has 0 amide bonds. The van der Waals surface area contributed by atoms with Gasteiger partial charge in [-0.3, -0.25) is 0 Å². The van der Waals surface area contributed by atoms with Crippen LogP contribution in [0.25, 0.3) is 229 Å². The van der Waals surface area contributed by atoms with Crippen molar-refractivity contribution in [2.75, 3.05) is 0 Å². The largest absolute Gasteiger partial charge is 0.134 e. The predicted molar refractivity (Wildman–Crippen MR) is 527 cm³/mol. The first kappa shape index (κ1) is 74.6. The van der Waals surface area contributed by atoms with E-state index in [1.807, 2.05) is 95.7 Å². The van der Waals surface area contributed by atoms with E-state index in [2.05, 4.69) is 376 Å². The van der Waals surface area contributed by atoms with Crippen LogP contribution in [0.1, 0.15) is 27.7 Å². The summed E-state index contributed by atoms with van der Waals surface area (Å²) in [6.07, 6.45) is 0. The molecule has 0 fully saturated rings. The van der Waals surface area contributed by atoms with E-state index >= 15 is 0 Å². The molecule has 27 rings (SSSR count). The van der Waals surface area contributed by atoms with Crippen LogP contribution in [-0.2, 0) is 0 Å². The molecule has 7 heteroatoms. The maximum atomic E-state index is 2.40. The quantitative estimate of drug-likeness (QED) is 0.133. The minimum atomic E-state index is 0. The summed E-state index contributed by atoms with van der Waals surface area (Å²) in [6, 6.07) is 137. The van der Waals surface area contributed by atoms with Gasteiger partial charge in [-0.2, -0.15) is 0 Å². The molecule has 21 aromatic carbocycles. The Morgan fingerprint density at radius 2 is 0.248 bits per heavy atom. The van der Waals surface area contributed by atoms with Crippen molar-refractivity contribution >= 4 is 297 Å². The second-order valence-corrected chi connectivity index (χ2v) is 35.8. The Bertz CT molecular complexity index is 7900. The van der Waals surface area contributed by atoms with E-state index in [1.165, 1.54) is 229 Å². The van der Waals surface area contributed by atoms with Gasteiger partial charge in [-0.25, -0.2) is 0 Å². The van der Waals surface area contributed by atoms with Gasteiger partial charge in [0.2, 0.25) is 0 Å². The molecule has 0 atom stereocenters. The van der Waals surface area contributed by atoms with Crippen molar-refractivity contribution in [1.82, 2.24) is 0 Å². The summed E-state index contributed by atoms with van der Waals surface area (Å²) in [5.41, 5.74) is 0. The third-order valence-corrected chi connectivity index (χ3v) is 30.1. The number of hydrogen-bond acceptors (Lipinski definition) is 6.